The van der Waals surface area contributed by atoms with Crippen molar-refractivity contribution in [3.05, 3.63) is 28.3 Å². The average molecular weight is 292 g/mol. The normalized spacial score (nSPS) is 22.0. The Morgan fingerprint density at radius 1 is 1.33 bits per heavy atom. The third-order valence-corrected chi connectivity index (χ3v) is 4.19. The van der Waals surface area contributed by atoms with Crippen LogP contribution in [0.2, 0.25) is 0 Å². The number of rotatable bonds is 5. The van der Waals surface area contributed by atoms with E-state index in [1.54, 1.807) is 12.1 Å². The first kappa shape index (κ1) is 15.6. The number of nitrogens with two attached hydrogens (primary N) is 2. The van der Waals surface area contributed by atoms with Gasteiger partial charge in [0.15, 0.2) is 0 Å². The number of nitro benzene ring substituents is 1. The van der Waals surface area contributed by atoms with Gasteiger partial charge in [0.25, 0.3) is 5.69 Å². The Morgan fingerprint density at radius 3 is 2.52 bits per heavy atom. The molecule has 6 heteroatoms. The van der Waals surface area contributed by atoms with Gasteiger partial charge >= 0.3 is 0 Å². The van der Waals surface area contributed by atoms with Gasteiger partial charge in [-0.2, -0.15) is 0 Å². The molecular weight excluding hydrogens is 268 g/mol. The van der Waals surface area contributed by atoms with Crippen molar-refractivity contribution in [1.82, 2.24) is 0 Å². The van der Waals surface area contributed by atoms with Crippen LogP contribution >= 0.6 is 0 Å². The number of nitrogens with zero attached hydrogens (tertiary/aromatic N) is 2. The van der Waals surface area contributed by atoms with Crippen molar-refractivity contribution in [3.8, 4) is 0 Å². The zero-order valence-electron chi connectivity index (χ0n) is 12.5. The molecule has 0 heterocycles. The molecule has 0 radical (unpaired) electrons. The van der Waals surface area contributed by atoms with Crippen LogP contribution < -0.4 is 16.4 Å². The second-order valence-electron chi connectivity index (χ2n) is 5.76. The summed E-state index contributed by atoms with van der Waals surface area (Å²) in [6.45, 7) is 3.06. The largest absolute Gasteiger partial charge is 0.393 e. The third kappa shape index (κ3) is 3.64. The second kappa shape index (κ2) is 6.76. The van der Waals surface area contributed by atoms with Crippen molar-refractivity contribution in [3.63, 3.8) is 0 Å². The van der Waals surface area contributed by atoms with Gasteiger partial charge in [-0.05, 0) is 44.2 Å². The monoisotopic (exact) mass is 292 g/mol. The molecule has 0 aliphatic heterocycles. The number of hydrogen-bond donors (Lipinski definition) is 2. The van der Waals surface area contributed by atoms with E-state index in [1.165, 1.54) is 6.07 Å². The lowest BCUT2D eigenvalue weighted by Gasteiger charge is -2.37. The molecular formula is C15H24N4O2. The fourth-order valence-corrected chi connectivity index (χ4v) is 3.06. The number of nitrogen functional groups attached to an aromatic ring is 1. The molecule has 0 atom stereocenters. The predicted octanol–water partition coefficient (Wildman–Crippen LogP) is 2.66. The van der Waals surface area contributed by atoms with Gasteiger partial charge < -0.3 is 16.4 Å². The molecule has 0 saturated heterocycles. The molecule has 1 aliphatic rings. The van der Waals surface area contributed by atoms with Crippen LogP contribution in [-0.2, 0) is 0 Å². The smallest absolute Gasteiger partial charge is 0.292 e. The van der Waals surface area contributed by atoms with E-state index in [4.69, 9.17) is 11.5 Å². The van der Waals surface area contributed by atoms with Crippen LogP contribution in [0, 0.1) is 10.1 Å². The van der Waals surface area contributed by atoms with Gasteiger partial charge in [-0.3, -0.25) is 10.1 Å². The molecule has 0 spiro atoms. The molecule has 21 heavy (non-hydrogen) atoms. The summed E-state index contributed by atoms with van der Waals surface area (Å²) >= 11 is 0. The molecule has 116 valence electrons. The van der Waals surface area contributed by atoms with Crippen molar-refractivity contribution in [2.45, 2.75) is 51.1 Å². The Hall–Kier alpha value is -1.82. The first-order valence-electron chi connectivity index (χ1n) is 7.59. The van der Waals surface area contributed by atoms with E-state index in [2.05, 4.69) is 11.8 Å². The van der Waals surface area contributed by atoms with E-state index in [0.717, 1.165) is 44.3 Å². The van der Waals surface area contributed by atoms with E-state index in [-0.39, 0.29) is 11.4 Å². The van der Waals surface area contributed by atoms with Crippen LogP contribution in [0.4, 0.5) is 17.1 Å². The summed E-state index contributed by atoms with van der Waals surface area (Å²) in [7, 11) is 0. The summed E-state index contributed by atoms with van der Waals surface area (Å²) in [5.41, 5.74) is 13.0. The van der Waals surface area contributed by atoms with E-state index in [1.807, 2.05) is 0 Å². The molecule has 0 bridgehead atoms. The van der Waals surface area contributed by atoms with Gasteiger partial charge in [0.1, 0.15) is 5.69 Å². The predicted molar refractivity (Wildman–Crippen MR) is 85.4 cm³/mol. The fourth-order valence-electron chi connectivity index (χ4n) is 3.06. The number of benzene rings is 1. The molecule has 1 aromatic carbocycles. The minimum absolute atomic E-state index is 0.0270. The molecule has 1 fully saturated rings. The summed E-state index contributed by atoms with van der Waals surface area (Å²) in [6.07, 6.45) is 5.23. The number of anilines is 2. The van der Waals surface area contributed by atoms with Gasteiger partial charge in [-0.15, -0.1) is 0 Å². The molecule has 4 N–H and O–H groups in total. The van der Waals surface area contributed by atoms with Crippen molar-refractivity contribution in [2.24, 2.45) is 5.73 Å². The minimum Gasteiger partial charge on any atom is -0.393 e. The van der Waals surface area contributed by atoms with Gasteiger partial charge in [-0.25, -0.2) is 0 Å². The maximum atomic E-state index is 10.9. The van der Waals surface area contributed by atoms with Crippen LogP contribution in [0.25, 0.3) is 0 Å². The van der Waals surface area contributed by atoms with Gasteiger partial charge in [0.2, 0.25) is 0 Å². The first-order valence-corrected chi connectivity index (χ1v) is 7.59. The quantitative estimate of drug-likeness (QED) is 0.494. The first-order chi connectivity index (χ1) is 10.0. The lowest BCUT2D eigenvalue weighted by molar-refractivity contribution is -0.383. The third-order valence-electron chi connectivity index (χ3n) is 4.19. The molecule has 2 rings (SSSR count). The highest BCUT2D eigenvalue weighted by Crippen LogP contribution is 2.31. The highest BCUT2D eigenvalue weighted by molar-refractivity contribution is 5.67. The number of hydrogen-bond acceptors (Lipinski definition) is 5. The van der Waals surface area contributed by atoms with Gasteiger partial charge in [0.05, 0.1) is 4.92 Å². The summed E-state index contributed by atoms with van der Waals surface area (Å²) in [6, 6.07) is 5.79. The highest BCUT2D eigenvalue weighted by atomic mass is 16.6. The zero-order valence-corrected chi connectivity index (χ0v) is 12.5. The Balaban J connectivity index is 2.21. The minimum atomic E-state index is -0.442. The van der Waals surface area contributed by atoms with Crippen LogP contribution in [0.3, 0.4) is 0 Å². The van der Waals surface area contributed by atoms with Crippen LogP contribution in [0.1, 0.15) is 39.0 Å². The van der Waals surface area contributed by atoms with Gasteiger partial charge in [-0.1, -0.05) is 6.92 Å². The van der Waals surface area contributed by atoms with Crippen LogP contribution in [0.15, 0.2) is 18.2 Å². The fraction of sp³-hybridized carbons (Fsp3) is 0.600. The molecule has 1 aliphatic carbocycles. The maximum absolute atomic E-state index is 10.9. The van der Waals surface area contributed by atoms with Crippen LogP contribution in [-0.4, -0.2) is 23.6 Å². The van der Waals surface area contributed by atoms with Crippen LogP contribution in [0.5, 0.6) is 0 Å². The zero-order chi connectivity index (χ0) is 15.4. The molecule has 0 unspecified atom stereocenters. The topological polar surface area (TPSA) is 98.4 Å². The molecule has 0 aromatic heterocycles. The van der Waals surface area contributed by atoms with E-state index >= 15 is 0 Å². The van der Waals surface area contributed by atoms with Crippen molar-refractivity contribution < 1.29 is 4.92 Å². The van der Waals surface area contributed by atoms with Crippen molar-refractivity contribution >= 4 is 17.1 Å². The SMILES string of the molecule is CCCN(c1ccc([N+](=O)[O-])c(N)c1)C1CCC(N)CC1. The highest BCUT2D eigenvalue weighted by Gasteiger charge is 2.25. The second-order valence-corrected chi connectivity index (χ2v) is 5.76. The van der Waals surface area contributed by atoms with E-state index in [0.29, 0.717) is 12.1 Å². The maximum Gasteiger partial charge on any atom is 0.292 e. The van der Waals surface area contributed by atoms with E-state index in [9.17, 15) is 10.1 Å². The summed E-state index contributed by atoms with van der Waals surface area (Å²) in [5.74, 6) is 0. The Labute approximate surface area is 125 Å². The lowest BCUT2D eigenvalue weighted by atomic mass is 9.90. The Bertz CT molecular complexity index is 498. The summed E-state index contributed by atoms with van der Waals surface area (Å²) in [5, 5.41) is 10.9. The standard InChI is InChI=1S/C15H24N4O2/c1-2-9-18(12-5-3-11(16)4-6-12)13-7-8-15(19(20)21)14(17)10-13/h7-8,10-12H,2-6,9,16-17H2,1H3. The molecule has 6 nitrogen and oxygen atoms in total. The summed E-state index contributed by atoms with van der Waals surface area (Å²) < 4.78 is 0. The molecule has 1 aromatic rings. The molecule has 1 saturated carbocycles. The lowest BCUT2D eigenvalue weighted by Crippen LogP contribution is -2.41. The number of nitro groups is 1. The summed E-state index contributed by atoms with van der Waals surface area (Å²) in [4.78, 5) is 12.7. The Morgan fingerprint density at radius 2 is 2.00 bits per heavy atom. The van der Waals surface area contributed by atoms with Gasteiger partial charge in [0, 0.05) is 30.4 Å². The Kier molecular flexibility index (Phi) is 5.01. The average Bonchev–Trinajstić information content (AvgIpc) is 2.45. The van der Waals surface area contributed by atoms with Crippen molar-refractivity contribution in [2.75, 3.05) is 17.2 Å². The van der Waals surface area contributed by atoms with Crippen molar-refractivity contribution in [1.29, 1.82) is 0 Å². The molecule has 0 amide bonds. The van der Waals surface area contributed by atoms with E-state index < -0.39 is 4.92 Å².